The number of halogens is 1. The lowest BCUT2D eigenvalue weighted by molar-refractivity contribution is 0.570. The first kappa shape index (κ1) is 10.2. The van der Waals surface area contributed by atoms with Gasteiger partial charge in [-0.15, -0.1) is 11.3 Å². The average molecular weight is 249 g/mol. The van der Waals surface area contributed by atoms with Crippen LogP contribution in [-0.2, 0) is 0 Å². The molecule has 0 aliphatic carbocycles. The molecule has 0 aromatic carbocycles. The standard InChI is InChI=1S/C8H13BrN2S/c1-2-11-7(4-10)8-3-6(9)5-12-8/h3,5,7,11H,2,4,10H2,1H3. The molecule has 1 heterocycles. The van der Waals surface area contributed by atoms with E-state index < -0.39 is 0 Å². The third-order valence-electron chi connectivity index (χ3n) is 1.62. The van der Waals surface area contributed by atoms with Crippen LogP contribution in [0.3, 0.4) is 0 Å². The summed E-state index contributed by atoms with van der Waals surface area (Å²) in [5.74, 6) is 0. The molecule has 0 radical (unpaired) electrons. The predicted octanol–water partition coefficient (Wildman–Crippen LogP) is 2.12. The van der Waals surface area contributed by atoms with Crippen LogP contribution in [0.2, 0.25) is 0 Å². The molecule has 1 unspecified atom stereocenters. The Labute approximate surface area is 85.3 Å². The second kappa shape index (κ2) is 4.97. The van der Waals surface area contributed by atoms with E-state index in [1.165, 1.54) is 4.88 Å². The van der Waals surface area contributed by atoms with Gasteiger partial charge in [0.2, 0.25) is 0 Å². The van der Waals surface area contributed by atoms with Crippen LogP contribution in [0.15, 0.2) is 15.9 Å². The van der Waals surface area contributed by atoms with Gasteiger partial charge in [0, 0.05) is 21.3 Å². The van der Waals surface area contributed by atoms with E-state index >= 15 is 0 Å². The molecule has 1 aromatic heterocycles. The minimum atomic E-state index is 0.311. The zero-order valence-electron chi connectivity index (χ0n) is 7.01. The van der Waals surface area contributed by atoms with E-state index in [0.717, 1.165) is 11.0 Å². The first-order valence-electron chi connectivity index (χ1n) is 3.95. The van der Waals surface area contributed by atoms with Crippen molar-refractivity contribution in [1.29, 1.82) is 0 Å². The maximum absolute atomic E-state index is 5.63. The van der Waals surface area contributed by atoms with Crippen LogP contribution >= 0.6 is 27.3 Å². The van der Waals surface area contributed by atoms with Crippen molar-refractivity contribution in [2.45, 2.75) is 13.0 Å². The van der Waals surface area contributed by atoms with Crippen molar-refractivity contribution in [2.24, 2.45) is 5.73 Å². The largest absolute Gasteiger partial charge is 0.329 e. The van der Waals surface area contributed by atoms with Crippen molar-refractivity contribution in [1.82, 2.24) is 5.32 Å². The van der Waals surface area contributed by atoms with Gasteiger partial charge in [-0.1, -0.05) is 6.92 Å². The van der Waals surface area contributed by atoms with Crippen molar-refractivity contribution in [3.63, 3.8) is 0 Å². The van der Waals surface area contributed by atoms with Crippen LogP contribution in [0.4, 0.5) is 0 Å². The Bertz CT molecular complexity index is 237. The number of likely N-dealkylation sites (N-methyl/N-ethyl adjacent to an activating group) is 1. The fraction of sp³-hybridized carbons (Fsp3) is 0.500. The minimum Gasteiger partial charge on any atom is -0.329 e. The molecule has 68 valence electrons. The molecule has 2 nitrogen and oxygen atoms in total. The number of hydrogen-bond acceptors (Lipinski definition) is 3. The van der Waals surface area contributed by atoms with Crippen molar-refractivity contribution >= 4 is 27.3 Å². The highest BCUT2D eigenvalue weighted by Crippen LogP contribution is 2.24. The van der Waals surface area contributed by atoms with Crippen LogP contribution in [0.1, 0.15) is 17.8 Å². The average Bonchev–Trinajstić information content (AvgIpc) is 2.47. The van der Waals surface area contributed by atoms with Gasteiger partial charge in [0.15, 0.2) is 0 Å². The Balaban J connectivity index is 2.66. The third-order valence-corrected chi connectivity index (χ3v) is 3.42. The lowest BCUT2D eigenvalue weighted by Crippen LogP contribution is -2.27. The summed E-state index contributed by atoms with van der Waals surface area (Å²) in [7, 11) is 0. The molecular formula is C8H13BrN2S. The zero-order chi connectivity index (χ0) is 8.97. The Hall–Kier alpha value is 0.1000. The minimum absolute atomic E-state index is 0.311. The highest BCUT2D eigenvalue weighted by Gasteiger charge is 2.09. The van der Waals surface area contributed by atoms with Crippen molar-refractivity contribution < 1.29 is 0 Å². The van der Waals surface area contributed by atoms with Gasteiger partial charge in [0.05, 0.1) is 6.04 Å². The van der Waals surface area contributed by atoms with Crippen LogP contribution in [0, 0.1) is 0 Å². The molecule has 0 spiro atoms. The summed E-state index contributed by atoms with van der Waals surface area (Å²) in [6.07, 6.45) is 0. The Morgan fingerprint density at radius 2 is 2.50 bits per heavy atom. The SMILES string of the molecule is CCNC(CN)c1cc(Br)cs1. The van der Waals surface area contributed by atoms with Crippen molar-refractivity contribution in [2.75, 3.05) is 13.1 Å². The molecule has 3 N–H and O–H groups in total. The molecule has 0 saturated carbocycles. The Morgan fingerprint density at radius 3 is 2.92 bits per heavy atom. The lowest BCUT2D eigenvalue weighted by Gasteiger charge is -2.12. The lowest BCUT2D eigenvalue weighted by atomic mass is 10.2. The highest BCUT2D eigenvalue weighted by atomic mass is 79.9. The molecule has 0 amide bonds. The number of hydrogen-bond donors (Lipinski definition) is 2. The maximum atomic E-state index is 5.63. The number of rotatable bonds is 4. The second-order valence-corrected chi connectivity index (χ2v) is 4.37. The second-order valence-electron chi connectivity index (χ2n) is 2.51. The monoisotopic (exact) mass is 248 g/mol. The molecule has 1 aromatic rings. The summed E-state index contributed by atoms with van der Waals surface area (Å²) in [4.78, 5) is 1.30. The molecule has 12 heavy (non-hydrogen) atoms. The van der Waals surface area contributed by atoms with Crippen LogP contribution < -0.4 is 11.1 Å². The van der Waals surface area contributed by atoms with Crippen molar-refractivity contribution in [3.8, 4) is 0 Å². The maximum Gasteiger partial charge on any atom is 0.0539 e. The molecule has 0 fully saturated rings. The van der Waals surface area contributed by atoms with E-state index in [0.29, 0.717) is 12.6 Å². The molecule has 4 heteroatoms. The van der Waals surface area contributed by atoms with E-state index in [-0.39, 0.29) is 0 Å². The first-order chi connectivity index (χ1) is 5.77. The quantitative estimate of drug-likeness (QED) is 0.857. The smallest absolute Gasteiger partial charge is 0.0539 e. The van der Waals surface area contributed by atoms with E-state index in [1.54, 1.807) is 11.3 Å². The van der Waals surface area contributed by atoms with Crippen LogP contribution in [0.25, 0.3) is 0 Å². The van der Waals surface area contributed by atoms with Gasteiger partial charge < -0.3 is 11.1 Å². The van der Waals surface area contributed by atoms with E-state index in [1.807, 2.05) is 0 Å². The normalized spacial score (nSPS) is 13.2. The molecule has 0 aliphatic rings. The number of nitrogens with two attached hydrogens (primary N) is 1. The summed E-state index contributed by atoms with van der Waals surface area (Å²) in [5, 5.41) is 5.41. The molecule has 1 atom stereocenters. The van der Waals surface area contributed by atoms with E-state index in [9.17, 15) is 0 Å². The summed E-state index contributed by atoms with van der Waals surface area (Å²) >= 11 is 5.16. The summed E-state index contributed by atoms with van der Waals surface area (Å²) < 4.78 is 1.14. The van der Waals surface area contributed by atoms with Gasteiger partial charge in [-0.05, 0) is 28.5 Å². The third kappa shape index (κ3) is 2.55. The highest BCUT2D eigenvalue weighted by molar-refractivity contribution is 9.10. The van der Waals surface area contributed by atoms with Gasteiger partial charge in [-0.2, -0.15) is 0 Å². The molecule has 1 rings (SSSR count). The van der Waals surface area contributed by atoms with Gasteiger partial charge in [-0.3, -0.25) is 0 Å². The van der Waals surface area contributed by atoms with Gasteiger partial charge in [0.1, 0.15) is 0 Å². The van der Waals surface area contributed by atoms with Gasteiger partial charge >= 0.3 is 0 Å². The Kier molecular flexibility index (Phi) is 4.21. The summed E-state index contributed by atoms with van der Waals surface area (Å²) in [5.41, 5.74) is 5.63. The molecule has 0 saturated heterocycles. The molecule has 0 bridgehead atoms. The van der Waals surface area contributed by atoms with Crippen LogP contribution in [0.5, 0.6) is 0 Å². The van der Waals surface area contributed by atoms with E-state index in [4.69, 9.17) is 5.73 Å². The summed E-state index contributed by atoms with van der Waals surface area (Å²) in [6, 6.07) is 2.43. The number of nitrogens with one attached hydrogen (secondary N) is 1. The van der Waals surface area contributed by atoms with E-state index in [2.05, 4.69) is 39.6 Å². The van der Waals surface area contributed by atoms with Crippen molar-refractivity contribution in [3.05, 3.63) is 20.8 Å². The van der Waals surface area contributed by atoms with Crippen LogP contribution in [-0.4, -0.2) is 13.1 Å². The Morgan fingerprint density at radius 1 is 1.75 bits per heavy atom. The fourth-order valence-electron chi connectivity index (χ4n) is 1.06. The molecular weight excluding hydrogens is 236 g/mol. The summed E-state index contributed by atoms with van der Waals surface area (Å²) in [6.45, 7) is 3.70. The molecule has 0 aliphatic heterocycles. The predicted molar refractivity (Wildman–Crippen MR) is 57.5 cm³/mol. The zero-order valence-corrected chi connectivity index (χ0v) is 9.41. The first-order valence-corrected chi connectivity index (χ1v) is 5.62. The van der Waals surface area contributed by atoms with Gasteiger partial charge in [-0.25, -0.2) is 0 Å². The van der Waals surface area contributed by atoms with Gasteiger partial charge in [0.25, 0.3) is 0 Å². The fourth-order valence-corrected chi connectivity index (χ4v) is 2.59. The topological polar surface area (TPSA) is 38.0 Å². The number of thiophene rings is 1.